The van der Waals surface area contributed by atoms with Gasteiger partial charge in [-0.05, 0) is 176 Å². The Morgan fingerprint density at radius 1 is 0.419 bits per heavy atom. The Hall–Kier alpha value is -10.5. The van der Waals surface area contributed by atoms with Crippen molar-refractivity contribution in [3.05, 3.63) is 342 Å². The minimum Gasteiger partial charge on any atom is -0.310 e. The van der Waals surface area contributed by atoms with Crippen molar-refractivity contribution >= 4 is 75.7 Å². The first-order valence-electron chi connectivity index (χ1n) is 30.1. The largest absolute Gasteiger partial charge is 0.310 e. The topological polar surface area (TPSA) is 6.48 Å². The number of aryl methyl sites for hydroxylation is 1. The number of benzene rings is 11. The lowest BCUT2D eigenvalue weighted by atomic mass is 9.79. The Balaban J connectivity index is 0.895. The molecule has 0 fully saturated rings. The van der Waals surface area contributed by atoms with Gasteiger partial charge in [0, 0.05) is 39.2 Å². The predicted molar refractivity (Wildman–Crippen MR) is 374 cm³/mol. The molecule has 86 heavy (non-hydrogen) atoms. The van der Waals surface area contributed by atoms with Crippen molar-refractivity contribution in [2.75, 3.05) is 9.80 Å². The van der Waals surface area contributed by atoms with E-state index in [0.29, 0.717) is 0 Å². The second-order valence-electron chi connectivity index (χ2n) is 21.8. The number of anilines is 4. The second-order valence-corrected chi connectivity index (χ2v) is 21.8. The Morgan fingerprint density at radius 3 is 1.36 bits per heavy atom. The molecule has 0 saturated carbocycles. The van der Waals surface area contributed by atoms with Crippen LogP contribution in [-0.2, 0) is 0 Å². The maximum atomic E-state index is 4.21. The monoisotopic (exact) mass is 1110 g/mol. The van der Waals surface area contributed by atoms with E-state index in [1.807, 2.05) is 18.2 Å². The molecule has 12 rings (SSSR count). The lowest BCUT2D eigenvalue weighted by Gasteiger charge is -2.29. The van der Waals surface area contributed by atoms with Crippen LogP contribution in [0.25, 0.3) is 97.4 Å². The van der Waals surface area contributed by atoms with Crippen LogP contribution < -0.4 is 20.2 Å². The molecule has 0 aliphatic heterocycles. The van der Waals surface area contributed by atoms with E-state index in [4.69, 9.17) is 0 Å². The van der Waals surface area contributed by atoms with Crippen molar-refractivity contribution in [1.82, 2.24) is 0 Å². The third-order valence-corrected chi connectivity index (χ3v) is 16.3. The molecule has 0 spiro atoms. The third kappa shape index (κ3) is 12.0. The van der Waals surface area contributed by atoms with Crippen molar-refractivity contribution < 1.29 is 0 Å². The van der Waals surface area contributed by atoms with Gasteiger partial charge in [-0.3, -0.25) is 0 Å². The molecule has 416 valence electrons. The van der Waals surface area contributed by atoms with Crippen LogP contribution in [-0.4, -0.2) is 0 Å². The molecule has 0 radical (unpaired) electrons. The van der Waals surface area contributed by atoms with Crippen molar-refractivity contribution in [2.45, 2.75) is 39.5 Å². The number of para-hydroxylation sites is 1. The van der Waals surface area contributed by atoms with Crippen LogP contribution in [0.15, 0.2) is 298 Å². The van der Waals surface area contributed by atoms with Gasteiger partial charge in [-0.2, -0.15) is 0 Å². The number of allylic oxidation sites excluding steroid dienone is 4. The van der Waals surface area contributed by atoms with Gasteiger partial charge < -0.3 is 9.80 Å². The number of nitrogens with zero attached hydrogens (tertiary/aromatic N) is 2. The summed E-state index contributed by atoms with van der Waals surface area (Å²) in [5, 5.41) is 4.97. The molecule has 0 N–H and O–H groups in total. The van der Waals surface area contributed by atoms with Crippen LogP contribution in [0.5, 0.6) is 0 Å². The maximum absolute atomic E-state index is 4.21. The zero-order valence-electron chi connectivity index (χ0n) is 49.2. The summed E-state index contributed by atoms with van der Waals surface area (Å²) in [4.78, 5) is 4.68. The van der Waals surface area contributed by atoms with Crippen molar-refractivity contribution in [1.29, 1.82) is 0 Å². The van der Waals surface area contributed by atoms with Crippen LogP contribution in [0.1, 0.15) is 66.0 Å². The highest BCUT2D eigenvalue weighted by Gasteiger charge is 2.25. The van der Waals surface area contributed by atoms with Crippen LogP contribution in [0.2, 0.25) is 0 Å². The molecule has 2 heteroatoms. The summed E-state index contributed by atoms with van der Waals surface area (Å²) < 4.78 is 0. The molecule has 11 aromatic rings. The maximum Gasteiger partial charge on any atom is 0.0536 e. The summed E-state index contributed by atoms with van der Waals surface area (Å²) in [6, 6.07) is 92.7. The van der Waals surface area contributed by atoms with Gasteiger partial charge >= 0.3 is 0 Å². The number of hydrogen-bond acceptors (Lipinski definition) is 2. The summed E-state index contributed by atoms with van der Waals surface area (Å²) in [7, 11) is 0. The molecule has 0 saturated heterocycles. The first-order chi connectivity index (χ1) is 42.5. The molecular weight excluding hydrogens is 1040 g/mol. The van der Waals surface area contributed by atoms with E-state index in [1.54, 1.807) is 0 Å². The summed E-state index contributed by atoms with van der Waals surface area (Å²) >= 11 is 0. The highest BCUT2D eigenvalue weighted by molar-refractivity contribution is 6.18. The lowest BCUT2D eigenvalue weighted by Crippen LogP contribution is -2.31. The van der Waals surface area contributed by atoms with E-state index >= 15 is 0 Å². The number of rotatable bonds is 18. The fourth-order valence-corrected chi connectivity index (χ4v) is 12.1. The highest BCUT2D eigenvalue weighted by atomic mass is 15.2. The summed E-state index contributed by atoms with van der Waals surface area (Å²) in [6.45, 7) is 12.6. The van der Waals surface area contributed by atoms with Crippen LogP contribution in [0.4, 0.5) is 22.7 Å². The van der Waals surface area contributed by atoms with Gasteiger partial charge in [0.25, 0.3) is 0 Å². The van der Waals surface area contributed by atoms with E-state index in [-0.39, 0.29) is 0 Å². The normalized spacial score (nSPS) is 12.5. The molecule has 0 amide bonds. The van der Waals surface area contributed by atoms with Crippen LogP contribution >= 0.6 is 0 Å². The van der Waals surface area contributed by atoms with E-state index in [9.17, 15) is 0 Å². The molecule has 2 nitrogen and oxygen atoms in total. The highest BCUT2D eigenvalue weighted by Crippen LogP contribution is 2.51. The van der Waals surface area contributed by atoms with Gasteiger partial charge in [0.05, 0.1) is 5.69 Å². The SMILES string of the molecule is C=C/C=C(\C=C)N(c1ccc(/C=C/c2ccc(-c3c(-c4ccc(/C=C/c5ccc(N(/C(=C/CC)c6ccccc6C)c6ccccc6)cc5)cc4)c(-c4ccccc4)c4ccccc4c3-c3ccccc3)cc2)cc1)c1cccc2c1=CCCCC=2. The van der Waals surface area contributed by atoms with E-state index in [1.165, 1.54) is 71.4 Å². The Morgan fingerprint density at radius 2 is 0.860 bits per heavy atom. The van der Waals surface area contributed by atoms with Gasteiger partial charge in [-0.25, -0.2) is 0 Å². The van der Waals surface area contributed by atoms with E-state index in [0.717, 1.165) is 87.5 Å². The van der Waals surface area contributed by atoms with Gasteiger partial charge in [-0.1, -0.05) is 281 Å². The van der Waals surface area contributed by atoms with Crippen LogP contribution in [0.3, 0.4) is 0 Å². The van der Waals surface area contributed by atoms with Gasteiger partial charge in [0.1, 0.15) is 0 Å². The average molecular weight is 1110 g/mol. The summed E-state index contributed by atoms with van der Waals surface area (Å²) in [5.74, 6) is 0. The average Bonchev–Trinajstić information content (AvgIpc) is 0.936. The van der Waals surface area contributed by atoms with E-state index < -0.39 is 0 Å². The van der Waals surface area contributed by atoms with E-state index in [2.05, 4.69) is 334 Å². The minimum atomic E-state index is 0.919. The summed E-state index contributed by atoms with van der Waals surface area (Å²) in [6.07, 6.45) is 25.9. The zero-order valence-corrected chi connectivity index (χ0v) is 49.2. The Kier molecular flexibility index (Phi) is 17.2. The fourth-order valence-electron chi connectivity index (χ4n) is 12.1. The third-order valence-electron chi connectivity index (χ3n) is 16.3. The molecule has 0 atom stereocenters. The predicted octanol–water partition coefficient (Wildman–Crippen LogP) is 21.9. The van der Waals surface area contributed by atoms with Crippen LogP contribution in [0, 0.1) is 6.92 Å². The smallest absolute Gasteiger partial charge is 0.0536 e. The quantitative estimate of drug-likeness (QED) is 0.0624. The molecule has 0 heterocycles. The zero-order chi connectivity index (χ0) is 58.6. The van der Waals surface area contributed by atoms with Gasteiger partial charge in [0.15, 0.2) is 0 Å². The first-order valence-corrected chi connectivity index (χ1v) is 30.1. The number of hydrogen-bond donors (Lipinski definition) is 0. The lowest BCUT2D eigenvalue weighted by molar-refractivity contribution is 0.924. The fraction of sp³-hybridized carbons (Fsp3) is 0.0714. The molecule has 0 bridgehead atoms. The summed E-state index contributed by atoms with van der Waals surface area (Å²) in [5.41, 5.74) is 23.0. The van der Waals surface area contributed by atoms with Gasteiger partial charge in [0.2, 0.25) is 0 Å². The molecule has 0 aromatic heterocycles. The molecule has 0 unspecified atom stereocenters. The Bertz CT molecular complexity index is 4450. The second kappa shape index (κ2) is 26.4. The molecule has 1 aliphatic rings. The van der Waals surface area contributed by atoms with Crippen molar-refractivity contribution in [3.63, 3.8) is 0 Å². The van der Waals surface area contributed by atoms with Gasteiger partial charge in [-0.15, -0.1) is 0 Å². The van der Waals surface area contributed by atoms with Crippen molar-refractivity contribution in [2.24, 2.45) is 0 Å². The Labute approximate surface area is 508 Å². The minimum absolute atomic E-state index is 0.919. The number of fused-ring (bicyclic) bond motifs is 2. The molecular formula is C84H70N2. The molecule has 11 aromatic carbocycles. The van der Waals surface area contributed by atoms with Crippen molar-refractivity contribution in [3.8, 4) is 44.5 Å². The first kappa shape index (κ1) is 56.0. The molecule has 1 aliphatic carbocycles. The standard InChI is InChI=1S/C84H70N2/c1-5-25-71(7-3)85(80-40-24-33-66-28-12-10-19-37-76(66)80)73-57-49-64(50-58-73)43-41-62-45-53-69(54-46-62)83-81(67-29-13-8-14-30-67)77-38-22-23-39-78(77)82(68-31-15-9-16-32-68)84(83)70-55-47-63(48-56-70)42-44-65-51-59-74(60-52-65)86(72-34-17-11-18-35-72)79(26-6-2)75-36-21-20-27-61(75)4/h5,7-9,11,13-18,20-60H,1,3,6,10,12,19H2,2,4H3/b43-41+,44-42+,71-25+,79-26+.